The molecule has 3 aromatic rings. The predicted octanol–water partition coefficient (Wildman–Crippen LogP) is 3.90. The van der Waals surface area contributed by atoms with Crippen molar-refractivity contribution in [1.29, 1.82) is 0 Å². The second-order valence-corrected chi connectivity index (χ2v) is 5.24. The summed E-state index contributed by atoms with van der Waals surface area (Å²) in [5.74, 6) is 0. The summed E-state index contributed by atoms with van der Waals surface area (Å²) in [6.45, 7) is 4.02. The van der Waals surface area contributed by atoms with Crippen molar-refractivity contribution in [2.24, 2.45) is 4.99 Å². The first-order chi connectivity index (χ1) is 10.1. The van der Waals surface area contributed by atoms with Gasteiger partial charge in [0.25, 0.3) is 5.56 Å². The highest BCUT2D eigenvalue weighted by Crippen LogP contribution is 2.15. The van der Waals surface area contributed by atoms with Crippen LogP contribution in [0.5, 0.6) is 0 Å². The standard InChI is InChI=1S/C18H16N2O/c1-12-4-3-5-16(8-12)19-11-15-10-14-7-6-13(2)9-17(14)20-18(15)21/h3-11H,1-2H3,(H,20,21). The summed E-state index contributed by atoms with van der Waals surface area (Å²) < 4.78 is 0. The monoisotopic (exact) mass is 276 g/mol. The minimum Gasteiger partial charge on any atom is -0.321 e. The van der Waals surface area contributed by atoms with E-state index in [1.165, 1.54) is 0 Å². The fourth-order valence-corrected chi connectivity index (χ4v) is 2.28. The molecule has 0 aliphatic rings. The van der Waals surface area contributed by atoms with Gasteiger partial charge in [0.15, 0.2) is 0 Å². The molecule has 0 spiro atoms. The zero-order valence-electron chi connectivity index (χ0n) is 12.1. The number of nitrogens with one attached hydrogen (secondary N) is 1. The molecule has 0 atom stereocenters. The molecule has 0 unspecified atom stereocenters. The second kappa shape index (κ2) is 5.37. The van der Waals surface area contributed by atoms with Gasteiger partial charge in [-0.15, -0.1) is 0 Å². The van der Waals surface area contributed by atoms with E-state index in [-0.39, 0.29) is 5.56 Å². The average molecular weight is 276 g/mol. The van der Waals surface area contributed by atoms with E-state index >= 15 is 0 Å². The lowest BCUT2D eigenvalue weighted by atomic mass is 10.1. The number of aromatic amines is 1. The Morgan fingerprint density at radius 2 is 1.81 bits per heavy atom. The van der Waals surface area contributed by atoms with E-state index in [1.54, 1.807) is 6.21 Å². The van der Waals surface area contributed by atoms with Gasteiger partial charge < -0.3 is 4.98 Å². The number of hydrogen-bond donors (Lipinski definition) is 1. The van der Waals surface area contributed by atoms with Crippen LogP contribution in [0.25, 0.3) is 10.9 Å². The molecule has 0 radical (unpaired) electrons. The van der Waals surface area contributed by atoms with Crippen molar-refractivity contribution >= 4 is 22.8 Å². The van der Waals surface area contributed by atoms with Crippen LogP contribution in [0.3, 0.4) is 0 Å². The molecule has 0 saturated carbocycles. The first kappa shape index (κ1) is 13.3. The average Bonchev–Trinajstić information content (AvgIpc) is 2.45. The molecule has 1 aromatic heterocycles. The lowest BCUT2D eigenvalue weighted by Gasteiger charge is -2.01. The lowest BCUT2D eigenvalue weighted by molar-refractivity contribution is 1.28. The van der Waals surface area contributed by atoms with Crippen LogP contribution in [0.15, 0.2) is 58.3 Å². The zero-order valence-corrected chi connectivity index (χ0v) is 12.1. The van der Waals surface area contributed by atoms with Gasteiger partial charge in [-0.3, -0.25) is 9.79 Å². The molecule has 0 aliphatic carbocycles. The molecule has 3 heteroatoms. The van der Waals surface area contributed by atoms with Gasteiger partial charge in [-0.05, 0) is 54.6 Å². The van der Waals surface area contributed by atoms with Gasteiger partial charge in [-0.1, -0.05) is 24.3 Å². The minimum atomic E-state index is -0.121. The molecule has 0 aliphatic heterocycles. The van der Waals surface area contributed by atoms with Crippen LogP contribution in [0, 0.1) is 13.8 Å². The van der Waals surface area contributed by atoms with Crippen LogP contribution in [0.4, 0.5) is 5.69 Å². The van der Waals surface area contributed by atoms with Crippen LogP contribution in [-0.4, -0.2) is 11.2 Å². The quantitative estimate of drug-likeness (QED) is 0.709. The number of aromatic nitrogens is 1. The van der Waals surface area contributed by atoms with Gasteiger partial charge >= 0.3 is 0 Å². The number of benzene rings is 2. The van der Waals surface area contributed by atoms with E-state index in [9.17, 15) is 4.79 Å². The zero-order chi connectivity index (χ0) is 14.8. The van der Waals surface area contributed by atoms with Crippen molar-refractivity contribution in [3.63, 3.8) is 0 Å². The fourth-order valence-electron chi connectivity index (χ4n) is 2.28. The predicted molar refractivity (Wildman–Crippen MR) is 87.7 cm³/mol. The molecule has 0 saturated heterocycles. The third-order valence-corrected chi connectivity index (χ3v) is 3.38. The Bertz CT molecular complexity index is 891. The SMILES string of the molecule is Cc1cccc(N=Cc2cc3ccc(C)cc3[nH]c2=O)c1. The summed E-state index contributed by atoms with van der Waals surface area (Å²) in [7, 11) is 0. The topological polar surface area (TPSA) is 45.2 Å². The highest BCUT2D eigenvalue weighted by molar-refractivity contribution is 5.88. The van der Waals surface area contributed by atoms with E-state index < -0.39 is 0 Å². The Morgan fingerprint density at radius 1 is 1.00 bits per heavy atom. The Morgan fingerprint density at radius 3 is 2.62 bits per heavy atom. The summed E-state index contributed by atoms with van der Waals surface area (Å²) in [5.41, 5.74) is 4.41. The number of aryl methyl sites for hydroxylation is 2. The summed E-state index contributed by atoms with van der Waals surface area (Å²) in [6, 6.07) is 15.7. The molecule has 1 heterocycles. The highest BCUT2D eigenvalue weighted by Gasteiger charge is 2.01. The highest BCUT2D eigenvalue weighted by atomic mass is 16.1. The first-order valence-corrected chi connectivity index (χ1v) is 6.86. The van der Waals surface area contributed by atoms with Crippen LogP contribution < -0.4 is 5.56 Å². The van der Waals surface area contributed by atoms with Crippen molar-refractivity contribution in [2.45, 2.75) is 13.8 Å². The van der Waals surface area contributed by atoms with E-state index in [4.69, 9.17) is 0 Å². The van der Waals surface area contributed by atoms with Crippen LogP contribution in [-0.2, 0) is 0 Å². The van der Waals surface area contributed by atoms with Gasteiger partial charge in [0.05, 0.1) is 11.3 Å². The molecule has 0 fully saturated rings. The van der Waals surface area contributed by atoms with Gasteiger partial charge in [0, 0.05) is 11.7 Å². The third kappa shape index (κ3) is 2.92. The van der Waals surface area contributed by atoms with Gasteiger partial charge in [0.1, 0.15) is 0 Å². The molecule has 3 nitrogen and oxygen atoms in total. The van der Waals surface area contributed by atoms with E-state index in [0.29, 0.717) is 5.56 Å². The van der Waals surface area contributed by atoms with Crippen LogP contribution >= 0.6 is 0 Å². The van der Waals surface area contributed by atoms with Crippen LogP contribution in [0.2, 0.25) is 0 Å². The van der Waals surface area contributed by atoms with Gasteiger partial charge in [0.2, 0.25) is 0 Å². The number of rotatable bonds is 2. The first-order valence-electron chi connectivity index (χ1n) is 6.86. The third-order valence-electron chi connectivity index (χ3n) is 3.38. The van der Waals surface area contributed by atoms with Crippen molar-refractivity contribution in [3.05, 3.63) is 75.6 Å². The Labute approximate surface area is 123 Å². The molecule has 0 bridgehead atoms. The maximum absolute atomic E-state index is 12.1. The Balaban J connectivity index is 2.02. The van der Waals surface area contributed by atoms with Crippen molar-refractivity contribution < 1.29 is 0 Å². The van der Waals surface area contributed by atoms with E-state index in [2.05, 4.69) is 9.98 Å². The van der Waals surface area contributed by atoms with E-state index in [0.717, 1.165) is 27.7 Å². The molecule has 1 N–H and O–H groups in total. The normalized spacial score (nSPS) is 11.3. The van der Waals surface area contributed by atoms with Gasteiger partial charge in [-0.25, -0.2) is 0 Å². The van der Waals surface area contributed by atoms with Gasteiger partial charge in [-0.2, -0.15) is 0 Å². The number of hydrogen-bond acceptors (Lipinski definition) is 2. The summed E-state index contributed by atoms with van der Waals surface area (Å²) in [4.78, 5) is 19.4. The summed E-state index contributed by atoms with van der Waals surface area (Å²) in [6.07, 6.45) is 1.62. The van der Waals surface area contributed by atoms with E-state index in [1.807, 2.05) is 62.4 Å². The number of pyridine rings is 1. The largest absolute Gasteiger partial charge is 0.321 e. The molecule has 21 heavy (non-hydrogen) atoms. The van der Waals surface area contributed by atoms with Crippen LogP contribution in [0.1, 0.15) is 16.7 Å². The summed E-state index contributed by atoms with van der Waals surface area (Å²) >= 11 is 0. The molecule has 2 aromatic carbocycles. The molecule has 0 amide bonds. The second-order valence-electron chi connectivity index (χ2n) is 5.24. The lowest BCUT2D eigenvalue weighted by Crippen LogP contribution is -2.11. The summed E-state index contributed by atoms with van der Waals surface area (Å²) in [5, 5.41) is 1.01. The number of fused-ring (bicyclic) bond motifs is 1. The van der Waals surface area contributed by atoms with Crippen molar-refractivity contribution in [1.82, 2.24) is 4.98 Å². The Hall–Kier alpha value is -2.68. The Kier molecular flexibility index (Phi) is 3.40. The maximum Gasteiger partial charge on any atom is 0.257 e. The number of nitrogens with zero attached hydrogens (tertiary/aromatic N) is 1. The molecular formula is C18H16N2O. The molecule has 104 valence electrons. The fraction of sp³-hybridized carbons (Fsp3) is 0.111. The van der Waals surface area contributed by atoms with Crippen molar-refractivity contribution in [2.75, 3.05) is 0 Å². The number of H-pyrrole nitrogens is 1. The van der Waals surface area contributed by atoms with Crippen molar-refractivity contribution in [3.8, 4) is 0 Å². The number of aliphatic imine (C=N–C) groups is 1. The molecule has 3 rings (SSSR count). The minimum absolute atomic E-state index is 0.121. The maximum atomic E-state index is 12.1. The molecular weight excluding hydrogens is 260 g/mol. The smallest absolute Gasteiger partial charge is 0.257 e.